The molecular formula is C22H18ClFN2O2S. The minimum absolute atomic E-state index is 0.128. The molecule has 0 saturated heterocycles. The van der Waals surface area contributed by atoms with Crippen molar-refractivity contribution in [2.45, 2.75) is 11.3 Å². The van der Waals surface area contributed by atoms with Crippen molar-refractivity contribution in [3.8, 4) is 0 Å². The summed E-state index contributed by atoms with van der Waals surface area (Å²) in [4.78, 5) is 25.0. The molecule has 0 saturated carbocycles. The topological polar surface area (TPSA) is 58.2 Å². The number of amides is 2. The molecule has 148 valence electrons. The van der Waals surface area contributed by atoms with E-state index in [-0.39, 0.29) is 29.7 Å². The maximum Gasteiger partial charge on any atom is 0.234 e. The lowest BCUT2D eigenvalue weighted by atomic mass is 10.1. The van der Waals surface area contributed by atoms with E-state index >= 15 is 0 Å². The predicted octanol–water partition coefficient (Wildman–Crippen LogP) is 5.39. The summed E-state index contributed by atoms with van der Waals surface area (Å²) in [5.74, 6) is -0.738. The Bertz CT molecular complexity index is 994. The van der Waals surface area contributed by atoms with E-state index in [4.69, 9.17) is 11.6 Å². The Kier molecular flexibility index (Phi) is 7.27. The lowest BCUT2D eigenvalue weighted by Crippen LogP contribution is -2.15. The maximum absolute atomic E-state index is 13.6. The van der Waals surface area contributed by atoms with Crippen molar-refractivity contribution in [3.05, 3.63) is 89.2 Å². The van der Waals surface area contributed by atoms with Crippen LogP contribution in [-0.4, -0.2) is 17.6 Å². The Morgan fingerprint density at radius 3 is 2.24 bits per heavy atom. The second-order valence-electron chi connectivity index (χ2n) is 6.19. The smallest absolute Gasteiger partial charge is 0.234 e. The van der Waals surface area contributed by atoms with E-state index in [2.05, 4.69) is 10.6 Å². The van der Waals surface area contributed by atoms with Crippen LogP contribution in [0.5, 0.6) is 0 Å². The molecule has 2 N–H and O–H groups in total. The van der Waals surface area contributed by atoms with Gasteiger partial charge in [0.2, 0.25) is 11.8 Å². The van der Waals surface area contributed by atoms with E-state index < -0.39 is 5.82 Å². The number of hydrogen-bond donors (Lipinski definition) is 2. The van der Waals surface area contributed by atoms with Gasteiger partial charge in [0.25, 0.3) is 0 Å². The normalized spacial score (nSPS) is 10.4. The fourth-order valence-corrected chi connectivity index (χ4v) is 3.35. The number of halogens is 2. The summed E-state index contributed by atoms with van der Waals surface area (Å²) in [5, 5.41) is 6.01. The van der Waals surface area contributed by atoms with Gasteiger partial charge in [-0.25, -0.2) is 4.39 Å². The molecule has 7 heteroatoms. The average molecular weight is 429 g/mol. The molecule has 0 bridgehead atoms. The minimum Gasteiger partial charge on any atom is -0.326 e. The molecule has 0 radical (unpaired) electrons. The Labute approximate surface area is 177 Å². The molecule has 0 heterocycles. The third-order valence-corrected chi connectivity index (χ3v) is 5.20. The lowest BCUT2D eigenvalue weighted by Gasteiger charge is -2.08. The first kappa shape index (κ1) is 20.9. The van der Waals surface area contributed by atoms with Crippen LogP contribution in [0.4, 0.5) is 15.8 Å². The Morgan fingerprint density at radius 1 is 0.862 bits per heavy atom. The van der Waals surface area contributed by atoms with Crippen LogP contribution in [0.1, 0.15) is 5.56 Å². The molecule has 4 nitrogen and oxygen atoms in total. The highest BCUT2D eigenvalue weighted by molar-refractivity contribution is 8.00. The van der Waals surface area contributed by atoms with E-state index in [1.807, 2.05) is 24.3 Å². The zero-order valence-electron chi connectivity index (χ0n) is 15.3. The third-order valence-electron chi connectivity index (χ3n) is 3.93. The highest BCUT2D eigenvalue weighted by Crippen LogP contribution is 2.21. The molecule has 0 aromatic heterocycles. The number of benzene rings is 3. The van der Waals surface area contributed by atoms with Crippen molar-refractivity contribution < 1.29 is 14.0 Å². The summed E-state index contributed by atoms with van der Waals surface area (Å²) >= 11 is 7.17. The molecule has 3 aromatic rings. The van der Waals surface area contributed by atoms with E-state index in [1.165, 1.54) is 23.9 Å². The summed E-state index contributed by atoms with van der Waals surface area (Å²) in [7, 11) is 0. The van der Waals surface area contributed by atoms with Crippen LogP contribution < -0.4 is 10.6 Å². The van der Waals surface area contributed by atoms with Gasteiger partial charge in [0.15, 0.2) is 0 Å². The van der Waals surface area contributed by atoms with E-state index in [9.17, 15) is 14.0 Å². The largest absolute Gasteiger partial charge is 0.326 e. The fraction of sp³-hybridized carbons (Fsp3) is 0.0909. The van der Waals surface area contributed by atoms with Crippen LogP contribution >= 0.6 is 23.4 Å². The van der Waals surface area contributed by atoms with Gasteiger partial charge >= 0.3 is 0 Å². The van der Waals surface area contributed by atoms with Gasteiger partial charge in [0.05, 0.1) is 17.9 Å². The zero-order valence-corrected chi connectivity index (χ0v) is 16.9. The number of nitrogens with one attached hydrogen (secondary N) is 2. The van der Waals surface area contributed by atoms with Crippen LogP contribution in [0, 0.1) is 5.82 Å². The molecule has 3 rings (SSSR count). The van der Waals surface area contributed by atoms with Crippen molar-refractivity contribution in [2.24, 2.45) is 0 Å². The van der Waals surface area contributed by atoms with Gasteiger partial charge in [-0.15, -0.1) is 11.8 Å². The van der Waals surface area contributed by atoms with Crippen LogP contribution in [0.3, 0.4) is 0 Å². The van der Waals surface area contributed by atoms with E-state index in [0.29, 0.717) is 10.7 Å². The first-order chi connectivity index (χ1) is 14.0. The molecular weight excluding hydrogens is 411 g/mol. The molecule has 29 heavy (non-hydrogen) atoms. The molecule has 0 unspecified atom stereocenters. The Morgan fingerprint density at radius 2 is 1.55 bits per heavy atom. The van der Waals surface area contributed by atoms with Crippen LogP contribution in [0.15, 0.2) is 77.7 Å². The summed E-state index contributed by atoms with van der Waals surface area (Å²) in [5.41, 5.74) is 1.71. The van der Waals surface area contributed by atoms with Crippen molar-refractivity contribution >= 4 is 46.6 Å². The number of thioether (sulfide) groups is 1. The summed E-state index contributed by atoms with van der Waals surface area (Å²) in [6.45, 7) is 0. The Balaban J connectivity index is 1.47. The van der Waals surface area contributed by atoms with E-state index in [0.717, 1.165) is 10.5 Å². The molecule has 0 aliphatic carbocycles. The van der Waals surface area contributed by atoms with Crippen LogP contribution in [0.2, 0.25) is 5.02 Å². The minimum atomic E-state index is -0.468. The third kappa shape index (κ3) is 6.62. The van der Waals surface area contributed by atoms with Gasteiger partial charge in [0, 0.05) is 15.6 Å². The first-order valence-corrected chi connectivity index (χ1v) is 10.2. The molecule has 0 aliphatic rings. The summed E-state index contributed by atoms with van der Waals surface area (Å²) < 4.78 is 13.6. The fourth-order valence-electron chi connectivity index (χ4n) is 2.53. The summed E-state index contributed by atoms with van der Waals surface area (Å²) in [6.07, 6.45) is 0.254. The number of carbonyl (C=O) groups excluding carboxylic acids is 2. The van der Waals surface area contributed by atoms with Gasteiger partial charge in [-0.3, -0.25) is 9.59 Å². The highest BCUT2D eigenvalue weighted by Gasteiger charge is 2.08. The average Bonchev–Trinajstić information content (AvgIpc) is 2.71. The van der Waals surface area contributed by atoms with Gasteiger partial charge in [0.1, 0.15) is 5.82 Å². The van der Waals surface area contributed by atoms with Crippen molar-refractivity contribution in [1.29, 1.82) is 0 Å². The van der Waals surface area contributed by atoms with Gasteiger partial charge in [-0.2, -0.15) is 0 Å². The number of para-hydroxylation sites is 1. The lowest BCUT2D eigenvalue weighted by molar-refractivity contribution is -0.115. The number of rotatable bonds is 7. The maximum atomic E-state index is 13.6. The van der Waals surface area contributed by atoms with Gasteiger partial charge in [-0.1, -0.05) is 35.9 Å². The molecule has 0 fully saturated rings. The number of anilines is 2. The molecule has 3 aromatic carbocycles. The molecule has 2 amide bonds. The highest BCUT2D eigenvalue weighted by atomic mass is 35.5. The predicted molar refractivity (Wildman–Crippen MR) is 116 cm³/mol. The monoisotopic (exact) mass is 428 g/mol. The number of carbonyl (C=O) groups is 2. The van der Waals surface area contributed by atoms with Crippen LogP contribution in [-0.2, 0) is 16.0 Å². The van der Waals surface area contributed by atoms with Gasteiger partial charge in [-0.05, 0) is 54.1 Å². The SMILES string of the molecule is O=C(Cc1ccc(Cl)cc1)Nc1ccc(SCC(=O)Nc2ccccc2F)cc1. The molecule has 0 aliphatic heterocycles. The molecule has 0 atom stereocenters. The van der Waals surface area contributed by atoms with Crippen molar-refractivity contribution in [1.82, 2.24) is 0 Å². The zero-order chi connectivity index (χ0) is 20.6. The molecule has 0 spiro atoms. The van der Waals surface area contributed by atoms with Crippen molar-refractivity contribution in [3.63, 3.8) is 0 Å². The van der Waals surface area contributed by atoms with E-state index in [1.54, 1.807) is 36.4 Å². The summed E-state index contributed by atoms with van der Waals surface area (Å²) in [6, 6.07) is 20.3. The van der Waals surface area contributed by atoms with Gasteiger partial charge < -0.3 is 10.6 Å². The quantitative estimate of drug-likeness (QED) is 0.496. The van der Waals surface area contributed by atoms with Crippen molar-refractivity contribution in [2.75, 3.05) is 16.4 Å². The second kappa shape index (κ2) is 10.1. The van der Waals surface area contributed by atoms with Crippen LogP contribution in [0.25, 0.3) is 0 Å². The first-order valence-electron chi connectivity index (χ1n) is 8.81. The second-order valence-corrected chi connectivity index (χ2v) is 7.68. The Hall–Kier alpha value is -2.83. The standard InChI is InChI=1S/C22H18ClFN2O2S/c23-16-7-5-15(6-8-16)13-21(27)25-17-9-11-18(12-10-17)29-14-22(28)26-20-4-2-1-3-19(20)24/h1-12H,13-14H2,(H,25,27)(H,26,28). The number of hydrogen-bond acceptors (Lipinski definition) is 3.